The van der Waals surface area contributed by atoms with Gasteiger partial charge in [0.25, 0.3) is 0 Å². The summed E-state index contributed by atoms with van der Waals surface area (Å²) in [5.74, 6) is 0. The minimum Gasteiger partial charge on any atom is -0.296 e. The molecule has 0 atom stereocenters. The summed E-state index contributed by atoms with van der Waals surface area (Å²) in [6.07, 6.45) is 4.83. The number of rotatable bonds is 1. The maximum absolute atomic E-state index is 4.14. The van der Waals surface area contributed by atoms with Crippen LogP contribution in [0.4, 0.5) is 0 Å². The van der Waals surface area contributed by atoms with Crippen LogP contribution in [0.25, 0.3) is 11.0 Å². The maximum Gasteiger partial charge on any atom is 0.100 e. The van der Waals surface area contributed by atoms with Gasteiger partial charge in [-0.05, 0) is 12.0 Å². The zero-order chi connectivity index (χ0) is 7.84. The van der Waals surface area contributed by atoms with Crippen LogP contribution in [0.1, 0.15) is 13.9 Å². The van der Waals surface area contributed by atoms with Crippen LogP contribution in [0.5, 0.6) is 0 Å². The van der Waals surface area contributed by atoms with Crippen molar-refractivity contribution in [2.45, 2.75) is 13.3 Å². The first-order chi connectivity index (χ1) is 5.33. The molecule has 2 aromatic heterocycles. The second-order valence-electron chi connectivity index (χ2n) is 2.72. The third kappa shape index (κ3) is 0.770. The summed E-state index contributed by atoms with van der Waals surface area (Å²) in [5.41, 5.74) is 3.73. The zero-order valence-electron chi connectivity index (χ0n) is 6.76. The van der Waals surface area contributed by atoms with E-state index in [0.29, 0.717) is 0 Å². The number of H-pyrrole nitrogens is 1. The topological polar surface area (TPSA) is 33.6 Å². The predicted octanol–water partition coefficient (Wildman–Crippen LogP) is 1.71. The predicted molar refractivity (Wildman–Crippen MR) is 46.6 cm³/mol. The molecule has 0 aliphatic rings. The Balaban J connectivity index is 0.000000720. The zero-order valence-corrected chi connectivity index (χ0v) is 6.76. The molecule has 2 heterocycles. The Bertz CT molecular complexity index is 374. The normalized spacial score (nSPS) is 11.1. The maximum atomic E-state index is 4.14. The van der Waals surface area contributed by atoms with E-state index in [9.17, 15) is 0 Å². The second kappa shape index (κ2) is 2.12. The SMILES string of the molecule is CCc1cncc2c1[nH]n2C.[HH]. The first-order valence-corrected chi connectivity index (χ1v) is 3.80. The van der Waals surface area contributed by atoms with Gasteiger partial charge >= 0.3 is 0 Å². The molecule has 0 radical (unpaired) electrons. The van der Waals surface area contributed by atoms with Crippen molar-refractivity contribution in [2.24, 2.45) is 7.05 Å². The summed E-state index contributed by atoms with van der Waals surface area (Å²) in [5, 5.41) is 3.20. The van der Waals surface area contributed by atoms with E-state index in [1.807, 2.05) is 24.1 Å². The van der Waals surface area contributed by atoms with Gasteiger partial charge in [0.15, 0.2) is 0 Å². The quantitative estimate of drug-likeness (QED) is 0.661. The Morgan fingerprint density at radius 3 is 3.09 bits per heavy atom. The highest BCUT2D eigenvalue weighted by Gasteiger charge is 2.04. The third-order valence-corrected chi connectivity index (χ3v) is 2.03. The molecule has 0 unspecified atom stereocenters. The lowest BCUT2D eigenvalue weighted by atomic mass is 10.2. The minimum atomic E-state index is 0. The van der Waals surface area contributed by atoms with Crippen LogP contribution < -0.4 is 0 Å². The Kier molecular flexibility index (Phi) is 1.24. The summed E-state index contributed by atoms with van der Waals surface area (Å²) in [7, 11) is 1.99. The van der Waals surface area contributed by atoms with Crippen LogP contribution in [-0.4, -0.2) is 14.8 Å². The van der Waals surface area contributed by atoms with Crippen molar-refractivity contribution in [1.29, 1.82) is 0 Å². The summed E-state index contributed by atoms with van der Waals surface area (Å²) in [6, 6.07) is 0. The van der Waals surface area contributed by atoms with E-state index < -0.39 is 0 Å². The van der Waals surface area contributed by atoms with Crippen molar-refractivity contribution in [2.75, 3.05) is 0 Å². The fraction of sp³-hybridized carbons (Fsp3) is 0.375. The van der Waals surface area contributed by atoms with Gasteiger partial charge in [0.05, 0.1) is 11.7 Å². The molecule has 0 spiro atoms. The number of aromatic nitrogens is 3. The first-order valence-electron chi connectivity index (χ1n) is 3.80. The Morgan fingerprint density at radius 1 is 1.64 bits per heavy atom. The molecule has 0 aliphatic carbocycles. The number of nitrogens with one attached hydrogen (secondary N) is 1. The number of aromatic amines is 1. The molecule has 0 fully saturated rings. The Morgan fingerprint density at radius 2 is 2.45 bits per heavy atom. The van der Waals surface area contributed by atoms with Crippen LogP contribution in [0.2, 0.25) is 0 Å². The average molecular weight is 151 g/mol. The molecular weight excluding hydrogens is 138 g/mol. The van der Waals surface area contributed by atoms with E-state index in [4.69, 9.17) is 0 Å². The van der Waals surface area contributed by atoms with E-state index in [0.717, 1.165) is 6.42 Å². The van der Waals surface area contributed by atoms with Crippen molar-refractivity contribution >= 4 is 11.0 Å². The molecule has 2 rings (SSSR count). The molecule has 0 saturated heterocycles. The smallest absolute Gasteiger partial charge is 0.100 e. The number of hydrogen-bond acceptors (Lipinski definition) is 1. The van der Waals surface area contributed by atoms with Gasteiger partial charge in [0, 0.05) is 14.7 Å². The molecule has 1 N–H and O–H groups in total. The van der Waals surface area contributed by atoms with Crippen molar-refractivity contribution in [1.82, 2.24) is 14.8 Å². The highest BCUT2D eigenvalue weighted by Crippen LogP contribution is 2.16. The van der Waals surface area contributed by atoms with Gasteiger partial charge in [-0.25, -0.2) is 0 Å². The van der Waals surface area contributed by atoms with Crippen molar-refractivity contribution < 1.29 is 1.43 Å². The van der Waals surface area contributed by atoms with E-state index >= 15 is 0 Å². The lowest BCUT2D eigenvalue weighted by Crippen LogP contribution is -2.07. The fourth-order valence-corrected chi connectivity index (χ4v) is 1.32. The standard InChI is InChI=1S/C8H11N3.H2/c1-3-6-4-9-5-7-8(6)10-11(7)2;/h4-5,10H,3H2,1-2H3;1H. The van der Waals surface area contributed by atoms with Crippen LogP contribution in [-0.2, 0) is 13.5 Å². The molecule has 60 valence electrons. The molecule has 0 amide bonds. The van der Waals surface area contributed by atoms with Gasteiger partial charge in [0.2, 0.25) is 0 Å². The van der Waals surface area contributed by atoms with Crippen LogP contribution >= 0.6 is 0 Å². The summed E-state index contributed by atoms with van der Waals surface area (Å²) < 4.78 is 1.97. The van der Waals surface area contributed by atoms with Crippen molar-refractivity contribution in [3.63, 3.8) is 0 Å². The van der Waals surface area contributed by atoms with Crippen LogP contribution in [0, 0.1) is 0 Å². The molecule has 0 saturated carbocycles. The molecule has 0 aromatic carbocycles. The van der Waals surface area contributed by atoms with Gasteiger partial charge in [-0.3, -0.25) is 14.8 Å². The minimum absolute atomic E-state index is 0. The summed E-state index contributed by atoms with van der Waals surface area (Å²) in [4.78, 5) is 4.14. The monoisotopic (exact) mass is 151 g/mol. The molecule has 11 heavy (non-hydrogen) atoms. The number of aryl methyl sites for hydroxylation is 2. The van der Waals surface area contributed by atoms with Gasteiger partial charge < -0.3 is 0 Å². The number of hydrogen-bond donors (Lipinski definition) is 1. The Labute approximate surface area is 66.5 Å². The second-order valence-corrected chi connectivity index (χ2v) is 2.72. The van der Waals surface area contributed by atoms with Crippen LogP contribution in [0.3, 0.4) is 0 Å². The number of fused-ring (bicyclic) bond motifs is 1. The molecule has 3 heteroatoms. The van der Waals surface area contributed by atoms with E-state index in [1.54, 1.807) is 0 Å². The first kappa shape index (κ1) is 6.46. The van der Waals surface area contributed by atoms with Gasteiger partial charge in [-0.2, -0.15) is 0 Å². The molecule has 0 aliphatic heterocycles. The largest absolute Gasteiger partial charge is 0.296 e. The highest BCUT2D eigenvalue weighted by molar-refractivity contribution is 5.79. The molecule has 3 nitrogen and oxygen atoms in total. The summed E-state index contributed by atoms with van der Waals surface area (Å²) in [6.45, 7) is 2.14. The van der Waals surface area contributed by atoms with Gasteiger partial charge in [-0.15, -0.1) is 0 Å². The lowest BCUT2D eigenvalue weighted by molar-refractivity contribution is 0.754. The van der Waals surface area contributed by atoms with Crippen LogP contribution in [0.15, 0.2) is 12.4 Å². The van der Waals surface area contributed by atoms with Crippen molar-refractivity contribution in [3.8, 4) is 0 Å². The highest BCUT2D eigenvalue weighted by atomic mass is 15.3. The van der Waals surface area contributed by atoms with Gasteiger partial charge in [-0.1, -0.05) is 6.92 Å². The summed E-state index contributed by atoms with van der Waals surface area (Å²) >= 11 is 0. The van der Waals surface area contributed by atoms with E-state index in [2.05, 4.69) is 17.0 Å². The van der Waals surface area contributed by atoms with Gasteiger partial charge in [0.1, 0.15) is 5.52 Å². The molecular formula is C8H13N3. The number of pyridine rings is 1. The average Bonchev–Trinajstić information content (AvgIpc) is 2.03. The van der Waals surface area contributed by atoms with E-state index in [1.165, 1.54) is 16.6 Å². The molecule has 2 aromatic rings. The third-order valence-electron chi connectivity index (χ3n) is 2.03. The van der Waals surface area contributed by atoms with Crippen molar-refractivity contribution in [3.05, 3.63) is 18.0 Å². The molecule has 0 bridgehead atoms. The fourth-order valence-electron chi connectivity index (χ4n) is 1.32. The number of nitrogens with zero attached hydrogens (tertiary/aromatic N) is 2. The lowest BCUT2D eigenvalue weighted by Gasteiger charge is -2.13. The van der Waals surface area contributed by atoms with E-state index in [-0.39, 0.29) is 1.43 Å². The Hall–Kier alpha value is -1.25.